The molecule has 2 aliphatic heterocycles. The number of hydrogen-bond donors (Lipinski definition) is 2. The SMILES string of the molecule is CN1N=CC2C(c3c(F)cccc3F)=NCc3cnc(Nc4ccc(C(=O)O)cc4)nc3C21. The lowest BCUT2D eigenvalue weighted by molar-refractivity contribution is 0.0697. The summed E-state index contributed by atoms with van der Waals surface area (Å²) in [6.45, 7) is 0.167. The zero-order valence-electron chi connectivity index (χ0n) is 17.4. The normalized spacial score (nSPS) is 18.9. The third kappa shape index (κ3) is 3.69. The smallest absolute Gasteiger partial charge is 0.335 e. The highest BCUT2D eigenvalue weighted by Gasteiger charge is 2.40. The topological polar surface area (TPSA) is 103 Å². The van der Waals surface area contributed by atoms with E-state index < -0.39 is 29.6 Å². The number of benzene rings is 2. The summed E-state index contributed by atoms with van der Waals surface area (Å²) in [5, 5.41) is 18.2. The van der Waals surface area contributed by atoms with Crippen molar-refractivity contribution in [1.82, 2.24) is 15.0 Å². The minimum atomic E-state index is -1.01. The van der Waals surface area contributed by atoms with E-state index in [9.17, 15) is 13.6 Å². The van der Waals surface area contributed by atoms with Crippen LogP contribution in [0.1, 0.15) is 33.2 Å². The number of rotatable bonds is 4. The summed E-state index contributed by atoms with van der Waals surface area (Å²) in [4.78, 5) is 24.6. The molecule has 3 aromatic rings. The van der Waals surface area contributed by atoms with E-state index in [0.717, 1.165) is 5.56 Å². The summed E-state index contributed by atoms with van der Waals surface area (Å²) in [6, 6.07) is 9.51. The van der Waals surface area contributed by atoms with Crippen molar-refractivity contribution < 1.29 is 18.7 Å². The van der Waals surface area contributed by atoms with Gasteiger partial charge in [0.25, 0.3) is 0 Å². The predicted molar refractivity (Wildman–Crippen MR) is 118 cm³/mol. The van der Waals surface area contributed by atoms with E-state index in [2.05, 4.69) is 25.4 Å². The van der Waals surface area contributed by atoms with E-state index in [1.807, 2.05) is 0 Å². The molecule has 2 atom stereocenters. The van der Waals surface area contributed by atoms with Crippen LogP contribution in [0.15, 0.2) is 58.8 Å². The number of nitrogens with zero attached hydrogens (tertiary/aromatic N) is 5. The first-order chi connectivity index (χ1) is 15.9. The standard InChI is InChI=1S/C23H18F2N6O2/c1-31-21-15(11-28-31)20(18-16(24)3-2-4-17(18)25)26-9-13-10-27-23(30-19(13)21)29-14-7-5-12(6-8-14)22(32)33/h2-8,10-11,15,21H,9H2,1H3,(H,32,33)(H,27,29,30). The molecule has 0 saturated heterocycles. The zero-order valence-corrected chi connectivity index (χ0v) is 17.4. The fraction of sp³-hybridized carbons (Fsp3) is 0.174. The van der Waals surface area contributed by atoms with E-state index in [1.54, 1.807) is 36.6 Å². The number of anilines is 2. The molecule has 0 radical (unpaired) electrons. The number of aromatic nitrogens is 2. The van der Waals surface area contributed by atoms with E-state index in [1.165, 1.54) is 30.3 Å². The fourth-order valence-electron chi connectivity index (χ4n) is 4.08. The van der Waals surface area contributed by atoms with Crippen molar-refractivity contribution in [2.75, 3.05) is 12.4 Å². The molecule has 8 nitrogen and oxygen atoms in total. The molecule has 5 rings (SSSR count). The number of halogens is 2. The Hall–Kier alpha value is -4.21. The molecule has 0 fully saturated rings. The maximum Gasteiger partial charge on any atom is 0.335 e. The lowest BCUT2D eigenvalue weighted by atomic mass is 9.89. The maximum atomic E-state index is 14.6. The van der Waals surface area contributed by atoms with Gasteiger partial charge in [-0.15, -0.1) is 0 Å². The van der Waals surface area contributed by atoms with Crippen molar-refractivity contribution in [2.45, 2.75) is 12.6 Å². The van der Waals surface area contributed by atoms with Crippen LogP contribution < -0.4 is 5.32 Å². The predicted octanol–water partition coefficient (Wildman–Crippen LogP) is 3.79. The second kappa shape index (κ2) is 8.05. The number of aliphatic imine (C=N–C) groups is 1. The van der Waals surface area contributed by atoms with Crippen LogP contribution in [0.4, 0.5) is 20.4 Å². The second-order valence-electron chi connectivity index (χ2n) is 7.72. The number of carboxylic acids is 1. The van der Waals surface area contributed by atoms with Gasteiger partial charge >= 0.3 is 5.97 Å². The highest BCUT2D eigenvalue weighted by Crippen LogP contribution is 2.38. The molecule has 10 heteroatoms. The lowest BCUT2D eigenvalue weighted by Crippen LogP contribution is -2.29. The van der Waals surface area contributed by atoms with Crippen LogP contribution in [-0.4, -0.2) is 45.0 Å². The third-order valence-corrected chi connectivity index (χ3v) is 5.67. The molecular formula is C23H18F2N6O2. The van der Waals surface area contributed by atoms with Crippen LogP contribution in [0.25, 0.3) is 0 Å². The van der Waals surface area contributed by atoms with Gasteiger partial charge in [-0.1, -0.05) is 6.07 Å². The molecule has 0 bridgehead atoms. The number of carbonyl (C=O) groups is 1. The Morgan fingerprint density at radius 2 is 1.88 bits per heavy atom. The molecule has 0 aliphatic carbocycles. The van der Waals surface area contributed by atoms with Crippen molar-refractivity contribution in [3.8, 4) is 0 Å². The van der Waals surface area contributed by atoms with Crippen LogP contribution in [0.5, 0.6) is 0 Å². The number of fused-ring (bicyclic) bond motifs is 3. The van der Waals surface area contributed by atoms with Gasteiger partial charge in [-0.2, -0.15) is 5.10 Å². The Labute approximate surface area is 187 Å². The van der Waals surface area contributed by atoms with Crippen molar-refractivity contribution in [1.29, 1.82) is 0 Å². The van der Waals surface area contributed by atoms with Crippen molar-refractivity contribution >= 4 is 29.5 Å². The number of carboxylic acid groups (broad SMARTS) is 1. The first-order valence-corrected chi connectivity index (χ1v) is 10.1. The van der Waals surface area contributed by atoms with Crippen LogP contribution >= 0.6 is 0 Å². The van der Waals surface area contributed by atoms with Crippen LogP contribution in [0.2, 0.25) is 0 Å². The molecule has 33 heavy (non-hydrogen) atoms. The quantitative estimate of drug-likeness (QED) is 0.630. The summed E-state index contributed by atoms with van der Waals surface area (Å²) in [6.07, 6.45) is 3.26. The second-order valence-corrected chi connectivity index (χ2v) is 7.72. The fourth-order valence-corrected chi connectivity index (χ4v) is 4.08. The van der Waals surface area contributed by atoms with Gasteiger partial charge in [-0.3, -0.25) is 10.0 Å². The molecular weight excluding hydrogens is 430 g/mol. The van der Waals surface area contributed by atoms with Crippen molar-refractivity contribution in [3.63, 3.8) is 0 Å². The molecule has 2 aliphatic rings. The molecule has 1 aromatic heterocycles. The average Bonchev–Trinajstić information content (AvgIpc) is 3.09. The Kier molecular flexibility index (Phi) is 5.04. The molecule has 2 unspecified atom stereocenters. The van der Waals surface area contributed by atoms with Crippen LogP contribution in [-0.2, 0) is 6.54 Å². The average molecular weight is 448 g/mol. The molecule has 0 amide bonds. The third-order valence-electron chi connectivity index (χ3n) is 5.67. The Morgan fingerprint density at radius 3 is 2.58 bits per heavy atom. The summed E-state index contributed by atoms with van der Waals surface area (Å²) in [5.41, 5.74) is 2.27. The molecule has 166 valence electrons. The van der Waals surface area contributed by atoms with Gasteiger partial charge in [0.1, 0.15) is 17.7 Å². The van der Waals surface area contributed by atoms with Gasteiger partial charge in [0.2, 0.25) is 5.95 Å². The summed E-state index contributed by atoms with van der Waals surface area (Å²) in [7, 11) is 1.77. The van der Waals surface area contributed by atoms with E-state index >= 15 is 0 Å². The minimum Gasteiger partial charge on any atom is -0.478 e. The number of hydrogen-bond acceptors (Lipinski definition) is 7. The first kappa shape index (κ1) is 20.7. The van der Waals surface area contributed by atoms with Gasteiger partial charge in [-0.05, 0) is 36.4 Å². The van der Waals surface area contributed by atoms with Gasteiger partial charge < -0.3 is 10.4 Å². The minimum absolute atomic E-state index is 0.160. The molecule has 2 N–H and O–H groups in total. The number of hydrazone groups is 1. The number of aromatic carboxylic acids is 1. The summed E-state index contributed by atoms with van der Waals surface area (Å²) < 4.78 is 29.2. The van der Waals surface area contributed by atoms with Gasteiger partial charge in [-0.25, -0.2) is 23.5 Å². The first-order valence-electron chi connectivity index (χ1n) is 10.1. The molecule has 2 aromatic carbocycles. The molecule has 0 saturated carbocycles. The highest BCUT2D eigenvalue weighted by molar-refractivity contribution is 6.11. The summed E-state index contributed by atoms with van der Waals surface area (Å²) in [5.74, 6) is -2.57. The largest absolute Gasteiger partial charge is 0.478 e. The van der Waals surface area contributed by atoms with Gasteiger partial charge in [0.15, 0.2) is 0 Å². The monoisotopic (exact) mass is 448 g/mol. The van der Waals surface area contributed by atoms with Crippen LogP contribution in [0, 0.1) is 17.6 Å². The Morgan fingerprint density at radius 1 is 1.15 bits per heavy atom. The van der Waals surface area contributed by atoms with E-state index in [4.69, 9.17) is 5.11 Å². The van der Waals surface area contributed by atoms with Crippen LogP contribution in [0.3, 0.4) is 0 Å². The Bertz CT molecular complexity index is 1290. The number of nitrogens with one attached hydrogen (secondary N) is 1. The van der Waals surface area contributed by atoms with Crippen molar-refractivity contribution in [3.05, 3.63) is 82.7 Å². The highest BCUT2D eigenvalue weighted by atomic mass is 19.1. The zero-order chi connectivity index (χ0) is 23.1. The van der Waals surface area contributed by atoms with Gasteiger partial charge in [0, 0.05) is 30.7 Å². The summed E-state index contributed by atoms with van der Waals surface area (Å²) >= 11 is 0. The Balaban J connectivity index is 1.51. The molecule has 3 heterocycles. The molecule has 0 spiro atoms. The van der Waals surface area contributed by atoms with Crippen molar-refractivity contribution in [2.24, 2.45) is 16.0 Å². The maximum absolute atomic E-state index is 14.6. The van der Waals surface area contributed by atoms with Gasteiger partial charge in [0.05, 0.1) is 35.0 Å². The van der Waals surface area contributed by atoms with E-state index in [-0.39, 0.29) is 23.4 Å². The van der Waals surface area contributed by atoms with E-state index in [0.29, 0.717) is 17.3 Å². The lowest BCUT2D eigenvalue weighted by Gasteiger charge is -2.25.